The van der Waals surface area contributed by atoms with Gasteiger partial charge in [-0.1, -0.05) is 25.5 Å². The van der Waals surface area contributed by atoms with Crippen molar-refractivity contribution in [3.63, 3.8) is 0 Å². The molecule has 1 heterocycles. The highest BCUT2D eigenvalue weighted by Crippen LogP contribution is 2.22. The molecule has 0 radical (unpaired) electrons. The van der Waals surface area contributed by atoms with Gasteiger partial charge in [0.1, 0.15) is 0 Å². The minimum atomic E-state index is 0.0476. The van der Waals surface area contributed by atoms with Gasteiger partial charge in [0.25, 0.3) is 0 Å². The Hall–Kier alpha value is -1.39. The molecule has 2 rings (SSSR count). The fourth-order valence-corrected chi connectivity index (χ4v) is 3.07. The van der Waals surface area contributed by atoms with Crippen LogP contribution in [0.4, 0.5) is 5.69 Å². The maximum Gasteiger partial charge on any atom is 0.238 e. The third kappa shape index (κ3) is 4.29. The third-order valence-electron chi connectivity index (χ3n) is 4.44. The molecular formula is C17H27N3O. The molecular weight excluding hydrogens is 262 g/mol. The van der Waals surface area contributed by atoms with Gasteiger partial charge in [-0.15, -0.1) is 0 Å². The maximum absolute atomic E-state index is 12.2. The van der Waals surface area contributed by atoms with E-state index >= 15 is 0 Å². The molecule has 1 amide bonds. The van der Waals surface area contributed by atoms with E-state index in [0.29, 0.717) is 25.2 Å². The van der Waals surface area contributed by atoms with Crippen molar-refractivity contribution in [1.82, 2.24) is 4.90 Å². The molecule has 0 saturated carbocycles. The van der Waals surface area contributed by atoms with E-state index in [0.717, 1.165) is 24.9 Å². The van der Waals surface area contributed by atoms with Crippen LogP contribution in [0.2, 0.25) is 0 Å². The van der Waals surface area contributed by atoms with E-state index < -0.39 is 0 Å². The maximum atomic E-state index is 12.2. The number of nitrogens with one attached hydrogen (secondary N) is 1. The lowest BCUT2D eigenvalue weighted by Gasteiger charge is -2.39. The van der Waals surface area contributed by atoms with Crippen molar-refractivity contribution in [1.29, 1.82) is 0 Å². The van der Waals surface area contributed by atoms with Crippen LogP contribution in [0.3, 0.4) is 0 Å². The highest BCUT2D eigenvalue weighted by atomic mass is 16.2. The Labute approximate surface area is 127 Å². The predicted octanol–water partition coefficient (Wildman–Crippen LogP) is 2.39. The van der Waals surface area contributed by atoms with Gasteiger partial charge in [-0.25, -0.2) is 0 Å². The van der Waals surface area contributed by atoms with Gasteiger partial charge < -0.3 is 11.1 Å². The second-order valence-corrected chi connectivity index (χ2v) is 5.94. The first-order chi connectivity index (χ1) is 10.1. The molecule has 2 atom stereocenters. The molecule has 21 heavy (non-hydrogen) atoms. The van der Waals surface area contributed by atoms with Crippen LogP contribution in [0.5, 0.6) is 0 Å². The Kier molecular flexibility index (Phi) is 5.76. The number of amides is 1. The molecule has 1 fully saturated rings. The lowest BCUT2D eigenvalue weighted by Crippen LogP contribution is -2.51. The van der Waals surface area contributed by atoms with Gasteiger partial charge in [-0.3, -0.25) is 9.69 Å². The average Bonchev–Trinajstić information content (AvgIpc) is 2.50. The van der Waals surface area contributed by atoms with E-state index in [-0.39, 0.29) is 5.91 Å². The van der Waals surface area contributed by atoms with Gasteiger partial charge in [0, 0.05) is 24.3 Å². The second-order valence-electron chi connectivity index (χ2n) is 5.94. The molecule has 0 bridgehead atoms. The summed E-state index contributed by atoms with van der Waals surface area (Å²) >= 11 is 0. The Morgan fingerprint density at radius 2 is 2.05 bits per heavy atom. The monoisotopic (exact) mass is 289 g/mol. The number of aryl methyl sites for hydroxylation is 1. The Balaban J connectivity index is 1.93. The number of likely N-dealkylation sites (tertiary alicyclic amines) is 1. The van der Waals surface area contributed by atoms with Crippen LogP contribution < -0.4 is 11.1 Å². The van der Waals surface area contributed by atoms with Crippen molar-refractivity contribution in [2.24, 2.45) is 5.73 Å². The summed E-state index contributed by atoms with van der Waals surface area (Å²) in [5, 5.41) is 2.98. The van der Waals surface area contributed by atoms with E-state index in [1.807, 2.05) is 12.1 Å². The highest BCUT2D eigenvalue weighted by molar-refractivity contribution is 5.92. The zero-order valence-electron chi connectivity index (χ0n) is 13.1. The van der Waals surface area contributed by atoms with Gasteiger partial charge in [0.2, 0.25) is 5.91 Å². The number of benzene rings is 1. The summed E-state index contributed by atoms with van der Waals surface area (Å²) in [5.41, 5.74) is 7.99. The molecule has 1 saturated heterocycles. The molecule has 4 nitrogen and oxygen atoms in total. The van der Waals surface area contributed by atoms with Crippen LogP contribution in [0.1, 0.15) is 38.7 Å². The van der Waals surface area contributed by atoms with Gasteiger partial charge in [-0.05, 0) is 43.9 Å². The number of piperidine rings is 1. The topological polar surface area (TPSA) is 58.4 Å². The Morgan fingerprint density at radius 1 is 1.33 bits per heavy atom. The van der Waals surface area contributed by atoms with Crippen LogP contribution in [-0.2, 0) is 11.2 Å². The summed E-state index contributed by atoms with van der Waals surface area (Å²) < 4.78 is 0. The summed E-state index contributed by atoms with van der Waals surface area (Å²) in [4.78, 5) is 14.5. The van der Waals surface area contributed by atoms with Crippen LogP contribution in [0, 0.1) is 0 Å². The standard InChI is InChI=1S/C17H27N3O/c1-3-14-7-9-15(10-8-14)19-17(21)12-20-13(2)5-4-6-16(20)11-18/h7-10,13,16H,3-6,11-12,18H2,1-2H3,(H,19,21). The molecule has 2 unspecified atom stereocenters. The molecule has 0 spiro atoms. The summed E-state index contributed by atoms with van der Waals surface area (Å²) in [6, 6.07) is 8.82. The quantitative estimate of drug-likeness (QED) is 0.875. The average molecular weight is 289 g/mol. The number of nitrogens with zero attached hydrogens (tertiary/aromatic N) is 1. The molecule has 116 valence electrons. The first kappa shape index (κ1) is 16.0. The van der Waals surface area contributed by atoms with Gasteiger partial charge in [-0.2, -0.15) is 0 Å². The lowest BCUT2D eigenvalue weighted by atomic mass is 9.96. The van der Waals surface area contributed by atoms with E-state index in [9.17, 15) is 4.79 Å². The minimum absolute atomic E-state index is 0.0476. The van der Waals surface area contributed by atoms with Gasteiger partial charge >= 0.3 is 0 Å². The first-order valence-corrected chi connectivity index (χ1v) is 7.98. The fourth-order valence-electron chi connectivity index (χ4n) is 3.07. The smallest absolute Gasteiger partial charge is 0.238 e. The van der Waals surface area contributed by atoms with Crippen molar-refractivity contribution < 1.29 is 4.79 Å². The molecule has 4 heteroatoms. The number of anilines is 1. The second kappa shape index (κ2) is 7.57. The lowest BCUT2D eigenvalue weighted by molar-refractivity contribution is -0.118. The SMILES string of the molecule is CCc1ccc(NC(=O)CN2C(C)CCCC2CN)cc1. The zero-order valence-corrected chi connectivity index (χ0v) is 13.1. The molecule has 1 aromatic carbocycles. The molecule has 1 aromatic rings. The number of hydrogen-bond acceptors (Lipinski definition) is 3. The molecule has 0 aromatic heterocycles. The normalized spacial score (nSPS) is 23.0. The molecule has 1 aliphatic heterocycles. The van der Waals surface area contributed by atoms with E-state index in [1.165, 1.54) is 12.0 Å². The number of rotatable bonds is 5. The Morgan fingerprint density at radius 3 is 2.67 bits per heavy atom. The van der Waals surface area contributed by atoms with E-state index in [2.05, 4.69) is 36.2 Å². The first-order valence-electron chi connectivity index (χ1n) is 7.98. The summed E-state index contributed by atoms with van der Waals surface area (Å²) in [6.07, 6.45) is 4.46. The summed E-state index contributed by atoms with van der Waals surface area (Å²) in [6.45, 7) is 5.37. The zero-order chi connectivity index (χ0) is 15.2. The molecule has 1 aliphatic rings. The van der Waals surface area contributed by atoms with Crippen molar-refractivity contribution in [3.8, 4) is 0 Å². The fraction of sp³-hybridized carbons (Fsp3) is 0.588. The van der Waals surface area contributed by atoms with Crippen molar-refractivity contribution in [2.75, 3.05) is 18.4 Å². The largest absolute Gasteiger partial charge is 0.329 e. The summed E-state index contributed by atoms with van der Waals surface area (Å²) in [5.74, 6) is 0.0476. The van der Waals surface area contributed by atoms with Crippen LogP contribution in [0.25, 0.3) is 0 Å². The predicted molar refractivity (Wildman–Crippen MR) is 87.3 cm³/mol. The minimum Gasteiger partial charge on any atom is -0.329 e. The number of nitrogens with two attached hydrogens (primary N) is 1. The van der Waals surface area contributed by atoms with E-state index in [4.69, 9.17) is 5.73 Å². The summed E-state index contributed by atoms with van der Waals surface area (Å²) in [7, 11) is 0. The third-order valence-corrected chi connectivity index (χ3v) is 4.44. The Bertz CT molecular complexity index is 458. The van der Waals surface area contributed by atoms with Crippen LogP contribution in [-0.4, -0.2) is 36.0 Å². The van der Waals surface area contributed by atoms with Crippen LogP contribution in [0.15, 0.2) is 24.3 Å². The highest BCUT2D eigenvalue weighted by Gasteiger charge is 2.28. The van der Waals surface area contributed by atoms with Gasteiger partial charge in [0.05, 0.1) is 6.54 Å². The number of hydrogen-bond donors (Lipinski definition) is 2. The van der Waals surface area contributed by atoms with Gasteiger partial charge in [0.15, 0.2) is 0 Å². The molecule has 3 N–H and O–H groups in total. The van der Waals surface area contributed by atoms with Crippen molar-refractivity contribution >= 4 is 11.6 Å². The van der Waals surface area contributed by atoms with Crippen molar-refractivity contribution in [2.45, 2.75) is 51.6 Å². The number of carbonyl (C=O) groups excluding carboxylic acids is 1. The number of carbonyl (C=O) groups is 1. The van der Waals surface area contributed by atoms with E-state index in [1.54, 1.807) is 0 Å². The molecule has 0 aliphatic carbocycles. The van der Waals surface area contributed by atoms with Crippen molar-refractivity contribution in [3.05, 3.63) is 29.8 Å². The van der Waals surface area contributed by atoms with Crippen LogP contribution >= 0.6 is 0 Å².